The molecule has 0 amide bonds. The Kier molecular flexibility index (Phi) is 8.33. The molecular weight excluding hydrogens is 310 g/mol. The number of rotatable bonds is 11. The van der Waals surface area contributed by atoms with Crippen molar-refractivity contribution in [3.63, 3.8) is 0 Å². The first-order valence-corrected chi connectivity index (χ1v) is 9.33. The Morgan fingerprint density at radius 2 is 1.72 bits per heavy atom. The Hall–Kier alpha value is -2.00. The van der Waals surface area contributed by atoms with Crippen molar-refractivity contribution in [3.8, 4) is 11.5 Å². The quantitative estimate of drug-likeness (QED) is 0.589. The molecule has 0 aliphatic heterocycles. The van der Waals surface area contributed by atoms with Gasteiger partial charge in [0.1, 0.15) is 11.5 Å². The lowest BCUT2D eigenvalue weighted by Crippen LogP contribution is -2.16. The van der Waals surface area contributed by atoms with Crippen LogP contribution in [0.4, 0.5) is 0 Å². The van der Waals surface area contributed by atoms with E-state index in [0.717, 1.165) is 30.9 Å². The van der Waals surface area contributed by atoms with Crippen LogP contribution in [0.2, 0.25) is 0 Å². The molecule has 3 nitrogen and oxygen atoms in total. The third-order valence-corrected chi connectivity index (χ3v) is 4.54. The fourth-order valence-electron chi connectivity index (χ4n) is 3.05. The topological polar surface area (TPSA) is 44.5 Å². The monoisotopic (exact) mass is 341 g/mol. The second-order valence-electron chi connectivity index (χ2n) is 6.43. The van der Waals surface area contributed by atoms with Gasteiger partial charge in [0.2, 0.25) is 0 Å². The number of unbranched alkanes of at least 4 members (excludes halogenated alkanes) is 3. The number of ether oxygens (including phenoxy) is 2. The van der Waals surface area contributed by atoms with Crippen LogP contribution in [0, 0.1) is 0 Å². The molecule has 0 heterocycles. The van der Waals surface area contributed by atoms with Crippen molar-refractivity contribution in [2.75, 3.05) is 20.3 Å². The summed E-state index contributed by atoms with van der Waals surface area (Å²) in [5.41, 5.74) is 8.47. The Labute approximate surface area is 152 Å². The Morgan fingerprint density at radius 1 is 0.960 bits per heavy atom. The van der Waals surface area contributed by atoms with Crippen molar-refractivity contribution >= 4 is 0 Å². The third kappa shape index (κ3) is 6.09. The van der Waals surface area contributed by atoms with Gasteiger partial charge < -0.3 is 15.2 Å². The van der Waals surface area contributed by atoms with E-state index < -0.39 is 0 Å². The molecule has 0 saturated carbocycles. The maximum atomic E-state index is 6.03. The van der Waals surface area contributed by atoms with Gasteiger partial charge in [0.05, 0.1) is 13.7 Å². The molecule has 25 heavy (non-hydrogen) atoms. The van der Waals surface area contributed by atoms with Gasteiger partial charge >= 0.3 is 0 Å². The van der Waals surface area contributed by atoms with Crippen LogP contribution in [0.15, 0.2) is 48.5 Å². The molecule has 2 aromatic carbocycles. The van der Waals surface area contributed by atoms with Gasteiger partial charge in [-0.1, -0.05) is 56.5 Å². The molecule has 0 saturated heterocycles. The van der Waals surface area contributed by atoms with Crippen LogP contribution in [-0.2, 0) is 6.42 Å². The van der Waals surface area contributed by atoms with Crippen LogP contribution >= 0.6 is 0 Å². The van der Waals surface area contributed by atoms with Gasteiger partial charge in [-0.15, -0.1) is 0 Å². The van der Waals surface area contributed by atoms with E-state index in [-0.39, 0.29) is 5.92 Å². The lowest BCUT2D eigenvalue weighted by molar-refractivity contribution is 0.305. The van der Waals surface area contributed by atoms with Crippen LogP contribution in [0.25, 0.3) is 0 Å². The van der Waals surface area contributed by atoms with Crippen molar-refractivity contribution < 1.29 is 9.47 Å². The molecule has 0 fully saturated rings. The standard InChI is InChI=1S/C22H31NO2/c1-3-4-5-8-15-25-20-13-11-18(12-14-20)16-19(17-23)21-9-6-7-10-22(21)24-2/h6-7,9-14,19H,3-5,8,15-17,23H2,1-2H3. The maximum absolute atomic E-state index is 6.03. The Bertz CT molecular complexity index is 610. The van der Waals surface area contributed by atoms with Gasteiger partial charge in [-0.2, -0.15) is 0 Å². The maximum Gasteiger partial charge on any atom is 0.122 e. The van der Waals surface area contributed by atoms with Crippen LogP contribution in [0.1, 0.15) is 49.7 Å². The van der Waals surface area contributed by atoms with E-state index >= 15 is 0 Å². The average Bonchev–Trinajstić information content (AvgIpc) is 2.67. The summed E-state index contributed by atoms with van der Waals surface area (Å²) in [6, 6.07) is 16.5. The molecule has 0 radical (unpaired) electrons. The van der Waals surface area contributed by atoms with Crippen LogP contribution in [-0.4, -0.2) is 20.3 Å². The number of para-hydroxylation sites is 1. The summed E-state index contributed by atoms with van der Waals surface area (Å²) >= 11 is 0. The normalized spacial score (nSPS) is 12.0. The lowest BCUT2D eigenvalue weighted by atomic mass is 9.91. The number of benzene rings is 2. The largest absolute Gasteiger partial charge is 0.496 e. The molecule has 0 aromatic heterocycles. The average molecular weight is 341 g/mol. The minimum Gasteiger partial charge on any atom is -0.496 e. The molecule has 0 bridgehead atoms. The first-order valence-electron chi connectivity index (χ1n) is 9.33. The predicted octanol–water partition coefficient (Wildman–Crippen LogP) is 4.94. The molecular formula is C22H31NO2. The molecule has 0 aliphatic carbocycles. The number of nitrogens with two attached hydrogens (primary N) is 1. The number of hydrogen-bond acceptors (Lipinski definition) is 3. The van der Waals surface area contributed by atoms with Crippen LogP contribution < -0.4 is 15.2 Å². The van der Waals surface area contributed by atoms with Crippen molar-refractivity contribution in [2.45, 2.75) is 44.9 Å². The minimum absolute atomic E-state index is 0.247. The zero-order chi connectivity index (χ0) is 17.9. The van der Waals surface area contributed by atoms with E-state index in [1.165, 1.54) is 30.4 Å². The molecule has 3 heteroatoms. The van der Waals surface area contributed by atoms with Gasteiger partial charge in [0.25, 0.3) is 0 Å². The molecule has 0 aliphatic rings. The van der Waals surface area contributed by atoms with E-state index in [9.17, 15) is 0 Å². The van der Waals surface area contributed by atoms with E-state index in [4.69, 9.17) is 15.2 Å². The summed E-state index contributed by atoms with van der Waals surface area (Å²) in [4.78, 5) is 0. The van der Waals surface area contributed by atoms with Gasteiger partial charge in [0.15, 0.2) is 0 Å². The lowest BCUT2D eigenvalue weighted by Gasteiger charge is -2.18. The summed E-state index contributed by atoms with van der Waals surface area (Å²) in [5.74, 6) is 2.10. The fourth-order valence-corrected chi connectivity index (χ4v) is 3.05. The van der Waals surface area contributed by atoms with E-state index in [1.807, 2.05) is 18.2 Å². The summed E-state index contributed by atoms with van der Waals surface area (Å²) in [6.07, 6.45) is 5.80. The van der Waals surface area contributed by atoms with Crippen LogP contribution in [0.3, 0.4) is 0 Å². The van der Waals surface area contributed by atoms with Gasteiger partial charge in [-0.25, -0.2) is 0 Å². The first kappa shape index (κ1) is 19.3. The van der Waals surface area contributed by atoms with Crippen molar-refractivity contribution in [1.82, 2.24) is 0 Å². The highest BCUT2D eigenvalue weighted by atomic mass is 16.5. The number of methoxy groups -OCH3 is 1. The van der Waals surface area contributed by atoms with E-state index in [1.54, 1.807) is 7.11 Å². The van der Waals surface area contributed by atoms with Crippen molar-refractivity contribution in [2.24, 2.45) is 5.73 Å². The zero-order valence-corrected chi connectivity index (χ0v) is 15.5. The summed E-state index contributed by atoms with van der Waals surface area (Å²) in [6.45, 7) is 3.61. The molecule has 2 rings (SSSR count). The summed E-state index contributed by atoms with van der Waals surface area (Å²) in [7, 11) is 1.71. The Morgan fingerprint density at radius 3 is 2.40 bits per heavy atom. The fraction of sp³-hybridized carbons (Fsp3) is 0.455. The van der Waals surface area contributed by atoms with Gasteiger partial charge in [-0.05, 0) is 48.7 Å². The molecule has 1 atom stereocenters. The summed E-state index contributed by atoms with van der Waals surface area (Å²) in [5, 5.41) is 0. The highest BCUT2D eigenvalue weighted by molar-refractivity contribution is 5.38. The smallest absolute Gasteiger partial charge is 0.122 e. The van der Waals surface area contributed by atoms with Gasteiger partial charge in [0, 0.05) is 5.92 Å². The Balaban J connectivity index is 1.92. The SMILES string of the molecule is CCCCCCOc1ccc(CC(CN)c2ccccc2OC)cc1. The second-order valence-corrected chi connectivity index (χ2v) is 6.43. The highest BCUT2D eigenvalue weighted by Gasteiger charge is 2.15. The zero-order valence-electron chi connectivity index (χ0n) is 15.5. The van der Waals surface area contributed by atoms with E-state index in [0.29, 0.717) is 6.54 Å². The second kappa shape index (κ2) is 10.8. The van der Waals surface area contributed by atoms with E-state index in [2.05, 4.69) is 37.3 Å². The third-order valence-electron chi connectivity index (χ3n) is 4.54. The minimum atomic E-state index is 0.247. The molecule has 136 valence electrons. The predicted molar refractivity (Wildman–Crippen MR) is 105 cm³/mol. The first-order chi connectivity index (χ1) is 12.3. The highest BCUT2D eigenvalue weighted by Crippen LogP contribution is 2.29. The summed E-state index contributed by atoms with van der Waals surface area (Å²) < 4.78 is 11.3. The molecule has 2 N–H and O–H groups in total. The van der Waals surface area contributed by atoms with Crippen molar-refractivity contribution in [3.05, 3.63) is 59.7 Å². The van der Waals surface area contributed by atoms with Crippen molar-refractivity contribution in [1.29, 1.82) is 0 Å². The molecule has 1 unspecified atom stereocenters. The van der Waals surface area contributed by atoms with Crippen LogP contribution in [0.5, 0.6) is 11.5 Å². The molecule has 0 spiro atoms. The van der Waals surface area contributed by atoms with Gasteiger partial charge in [-0.3, -0.25) is 0 Å². The number of hydrogen-bond donors (Lipinski definition) is 1. The molecule has 2 aromatic rings.